The molecule has 0 amide bonds. The standard InChI is InChI=1S/C13H14N4O/c1-7(2)13-15-9-4-3-8(5-11(9)16-13)10-6-12(14)18-17-10/h3-7H,14H2,1-2H3,(H,15,16). The van der Waals surface area contributed by atoms with Gasteiger partial charge in [0, 0.05) is 17.5 Å². The SMILES string of the molecule is CC(C)c1nc2ccc(-c3cc(N)on3)cc2[nH]1. The van der Waals surface area contributed by atoms with Gasteiger partial charge < -0.3 is 15.2 Å². The number of benzene rings is 1. The lowest BCUT2D eigenvalue weighted by atomic mass is 10.1. The second-order valence-electron chi connectivity index (χ2n) is 4.62. The van der Waals surface area contributed by atoms with Crippen LogP contribution < -0.4 is 5.73 Å². The summed E-state index contributed by atoms with van der Waals surface area (Å²) in [5.41, 5.74) is 9.17. The molecule has 5 nitrogen and oxygen atoms in total. The highest BCUT2D eigenvalue weighted by Crippen LogP contribution is 2.25. The summed E-state index contributed by atoms with van der Waals surface area (Å²) < 4.78 is 4.88. The number of anilines is 1. The van der Waals surface area contributed by atoms with Gasteiger partial charge in [0.05, 0.1) is 11.0 Å². The van der Waals surface area contributed by atoms with Gasteiger partial charge in [-0.15, -0.1) is 0 Å². The first-order chi connectivity index (χ1) is 8.63. The third-order valence-electron chi connectivity index (χ3n) is 2.87. The van der Waals surface area contributed by atoms with E-state index in [4.69, 9.17) is 10.3 Å². The van der Waals surface area contributed by atoms with Crippen molar-refractivity contribution in [2.75, 3.05) is 5.73 Å². The number of H-pyrrole nitrogens is 1. The Labute approximate surface area is 104 Å². The van der Waals surface area contributed by atoms with Gasteiger partial charge in [-0.25, -0.2) is 4.98 Å². The van der Waals surface area contributed by atoms with Crippen LogP contribution in [-0.2, 0) is 0 Å². The number of imidazole rings is 1. The predicted molar refractivity (Wildman–Crippen MR) is 70.1 cm³/mol. The van der Waals surface area contributed by atoms with Crippen molar-refractivity contribution in [3.8, 4) is 11.3 Å². The predicted octanol–water partition coefficient (Wildman–Crippen LogP) is 2.92. The van der Waals surface area contributed by atoms with E-state index in [1.165, 1.54) is 0 Å². The molecular formula is C13H14N4O. The van der Waals surface area contributed by atoms with E-state index >= 15 is 0 Å². The molecule has 0 radical (unpaired) electrons. The summed E-state index contributed by atoms with van der Waals surface area (Å²) in [4.78, 5) is 7.84. The molecule has 0 atom stereocenters. The van der Waals surface area contributed by atoms with Crippen molar-refractivity contribution in [3.63, 3.8) is 0 Å². The normalized spacial score (nSPS) is 11.5. The van der Waals surface area contributed by atoms with Gasteiger partial charge in [0.25, 0.3) is 0 Å². The van der Waals surface area contributed by atoms with Crippen LogP contribution in [0.2, 0.25) is 0 Å². The second kappa shape index (κ2) is 3.87. The molecule has 0 unspecified atom stereocenters. The zero-order chi connectivity index (χ0) is 12.7. The molecule has 0 aliphatic heterocycles. The first-order valence-corrected chi connectivity index (χ1v) is 5.85. The van der Waals surface area contributed by atoms with E-state index in [-0.39, 0.29) is 0 Å². The van der Waals surface area contributed by atoms with Gasteiger partial charge in [0.1, 0.15) is 11.5 Å². The van der Waals surface area contributed by atoms with Gasteiger partial charge in [-0.2, -0.15) is 0 Å². The van der Waals surface area contributed by atoms with Gasteiger partial charge in [-0.05, 0) is 12.1 Å². The number of aromatic nitrogens is 3. The maximum atomic E-state index is 5.52. The van der Waals surface area contributed by atoms with E-state index in [0.717, 1.165) is 28.1 Å². The summed E-state index contributed by atoms with van der Waals surface area (Å²) in [5.74, 6) is 1.68. The Morgan fingerprint density at radius 2 is 2.11 bits per heavy atom. The van der Waals surface area contributed by atoms with Gasteiger partial charge in [-0.3, -0.25) is 0 Å². The molecule has 0 spiro atoms. The quantitative estimate of drug-likeness (QED) is 0.724. The smallest absolute Gasteiger partial charge is 0.222 e. The zero-order valence-electron chi connectivity index (χ0n) is 10.3. The largest absolute Gasteiger partial charge is 0.368 e. The number of fused-ring (bicyclic) bond motifs is 1. The number of hydrogen-bond acceptors (Lipinski definition) is 4. The topological polar surface area (TPSA) is 80.7 Å². The lowest BCUT2D eigenvalue weighted by Gasteiger charge is -1.96. The molecule has 3 N–H and O–H groups in total. The molecule has 2 heterocycles. The van der Waals surface area contributed by atoms with Crippen molar-refractivity contribution in [1.82, 2.24) is 15.1 Å². The molecule has 3 aromatic rings. The van der Waals surface area contributed by atoms with Crippen LogP contribution in [0.4, 0.5) is 5.88 Å². The molecule has 2 aromatic heterocycles. The molecule has 1 aromatic carbocycles. The van der Waals surface area contributed by atoms with Crippen LogP contribution in [0.3, 0.4) is 0 Å². The fourth-order valence-corrected chi connectivity index (χ4v) is 1.89. The van der Waals surface area contributed by atoms with E-state index in [9.17, 15) is 0 Å². The number of hydrogen-bond donors (Lipinski definition) is 2. The Morgan fingerprint density at radius 1 is 1.28 bits per heavy atom. The highest BCUT2D eigenvalue weighted by molar-refractivity contribution is 5.81. The van der Waals surface area contributed by atoms with E-state index in [2.05, 4.69) is 29.0 Å². The monoisotopic (exact) mass is 242 g/mol. The summed E-state index contributed by atoms with van der Waals surface area (Å²) in [7, 11) is 0. The molecule has 0 fully saturated rings. The number of nitrogen functional groups attached to an aromatic ring is 1. The zero-order valence-corrected chi connectivity index (χ0v) is 10.3. The first kappa shape index (κ1) is 10.8. The van der Waals surface area contributed by atoms with Crippen molar-refractivity contribution in [2.24, 2.45) is 0 Å². The van der Waals surface area contributed by atoms with Crippen LogP contribution in [0.15, 0.2) is 28.8 Å². The summed E-state index contributed by atoms with van der Waals surface area (Å²) in [6.07, 6.45) is 0. The van der Waals surface area contributed by atoms with E-state index in [0.29, 0.717) is 11.8 Å². The van der Waals surface area contributed by atoms with Gasteiger partial charge in [0.2, 0.25) is 5.88 Å². The average molecular weight is 242 g/mol. The molecule has 5 heteroatoms. The fourth-order valence-electron chi connectivity index (χ4n) is 1.89. The van der Waals surface area contributed by atoms with Gasteiger partial charge in [-0.1, -0.05) is 25.1 Å². The summed E-state index contributed by atoms with van der Waals surface area (Å²) in [6, 6.07) is 7.65. The van der Waals surface area contributed by atoms with E-state index in [1.54, 1.807) is 6.07 Å². The molecule has 0 bridgehead atoms. The van der Waals surface area contributed by atoms with Crippen molar-refractivity contribution in [3.05, 3.63) is 30.1 Å². The molecule has 18 heavy (non-hydrogen) atoms. The molecular weight excluding hydrogens is 228 g/mol. The molecule has 0 saturated carbocycles. The van der Waals surface area contributed by atoms with Crippen LogP contribution in [0.1, 0.15) is 25.6 Å². The second-order valence-corrected chi connectivity index (χ2v) is 4.62. The number of rotatable bonds is 2. The number of aromatic amines is 1. The highest BCUT2D eigenvalue weighted by Gasteiger charge is 2.09. The lowest BCUT2D eigenvalue weighted by molar-refractivity contribution is 0.439. The number of nitrogens with one attached hydrogen (secondary N) is 1. The lowest BCUT2D eigenvalue weighted by Crippen LogP contribution is -1.88. The third-order valence-corrected chi connectivity index (χ3v) is 2.87. The Kier molecular flexibility index (Phi) is 2.33. The summed E-state index contributed by atoms with van der Waals surface area (Å²) in [6.45, 7) is 4.22. The Bertz CT molecular complexity index is 696. The van der Waals surface area contributed by atoms with Crippen molar-refractivity contribution in [2.45, 2.75) is 19.8 Å². The van der Waals surface area contributed by atoms with E-state index < -0.39 is 0 Å². The van der Waals surface area contributed by atoms with Gasteiger partial charge >= 0.3 is 0 Å². The maximum Gasteiger partial charge on any atom is 0.222 e. The Balaban J connectivity index is 2.10. The van der Waals surface area contributed by atoms with Crippen molar-refractivity contribution in [1.29, 1.82) is 0 Å². The van der Waals surface area contributed by atoms with Crippen LogP contribution in [-0.4, -0.2) is 15.1 Å². The minimum absolute atomic E-state index is 0.317. The van der Waals surface area contributed by atoms with Crippen LogP contribution >= 0.6 is 0 Å². The maximum absolute atomic E-state index is 5.52. The minimum Gasteiger partial charge on any atom is -0.368 e. The third kappa shape index (κ3) is 1.73. The average Bonchev–Trinajstić information content (AvgIpc) is 2.93. The fraction of sp³-hybridized carbons (Fsp3) is 0.231. The molecule has 3 rings (SSSR count). The van der Waals surface area contributed by atoms with Gasteiger partial charge in [0.15, 0.2) is 0 Å². The minimum atomic E-state index is 0.317. The Hall–Kier alpha value is -2.30. The summed E-state index contributed by atoms with van der Waals surface area (Å²) in [5, 5.41) is 3.90. The highest BCUT2D eigenvalue weighted by atomic mass is 16.5. The number of nitrogens with two attached hydrogens (primary N) is 1. The van der Waals surface area contributed by atoms with Crippen LogP contribution in [0.25, 0.3) is 22.3 Å². The van der Waals surface area contributed by atoms with Crippen molar-refractivity contribution >= 4 is 16.9 Å². The van der Waals surface area contributed by atoms with E-state index in [1.807, 2.05) is 18.2 Å². The molecule has 0 aliphatic carbocycles. The molecule has 0 aliphatic rings. The first-order valence-electron chi connectivity index (χ1n) is 5.85. The van der Waals surface area contributed by atoms with Crippen LogP contribution in [0, 0.1) is 0 Å². The summed E-state index contributed by atoms with van der Waals surface area (Å²) >= 11 is 0. The number of nitrogens with zero attached hydrogens (tertiary/aromatic N) is 2. The Morgan fingerprint density at radius 3 is 2.78 bits per heavy atom. The molecule has 0 saturated heterocycles. The van der Waals surface area contributed by atoms with Crippen LogP contribution in [0.5, 0.6) is 0 Å². The molecule has 92 valence electrons. The van der Waals surface area contributed by atoms with Crippen molar-refractivity contribution < 1.29 is 4.52 Å².